The van der Waals surface area contributed by atoms with E-state index in [0.717, 1.165) is 37.9 Å². The molecule has 0 saturated carbocycles. The maximum atomic E-state index is 11.5. The zero-order valence-corrected chi connectivity index (χ0v) is 26.7. The normalized spacial score (nSPS) is 14.0. The first-order chi connectivity index (χ1) is 19.3. The Balaban J connectivity index is 0.000000551. The maximum Gasteiger partial charge on any atom is 0.222 e. The summed E-state index contributed by atoms with van der Waals surface area (Å²) >= 11 is 0. The Bertz CT molecular complexity index is 932. The van der Waals surface area contributed by atoms with Crippen molar-refractivity contribution < 1.29 is 19.2 Å². The van der Waals surface area contributed by atoms with Crippen molar-refractivity contribution in [1.82, 2.24) is 10.6 Å². The third kappa shape index (κ3) is 20.4. The molecule has 1 unspecified atom stereocenters. The van der Waals surface area contributed by atoms with Gasteiger partial charge in [-0.15, -0.1) is 0 Å². The van der Waals surface area contributed by atoms with Crippen LogP contribution in [0.4, 0.5) is 0 Å². The number of benzene rings is 2. The second-order valence-corrected chi connectivity index (χ2v) is 11.5. The SMILES string of the molecule is CC(C)=O.CC(C)C(=O)C1CCCNC1.CC(C)C(=O)CCc1ccccc1.CC(C)C(=O)NCc1ccccc1. The molecule has 1 aliphatic rings. The Hall–Kier alpha value is -3.12. The van der Waals surface area contributed by atoms with E-state index in [0.29, 0.717) is 30.4 Å². The van der Waals surface area contributed by atoms with E-state index in [2.05, 4.69) is 22.8 Å². The van der Waals surface area contributed by atoms with E-state index in [1.807, 2.05) is 90.1 Å². The standard InChI is InChI=1S/C12H16O.C11H15NO.C9H17NO.C3H6O/c1-10(2)12(13)9-8-11-6-4-3-5-7-11;1-9(2)11(13)12-8-10-6-4-3-5-7-10;1-7(2)9(11)8-4-3-5-10-6-8;1-3(2)4/h3-7,10H,8-9H2,1-2H3;3-7,9H,8H2,1-2H3,(H,12,13);7-8,10H,3-6H2,1-2H3;1-2H3. The Labute approximate surface area is 249 Å². The minimum absolute atomic E-state index is 0.0590. The molecule has 0 radical (unpaired) electrons. The lowest BCUT2D eigenvalue weighted by Crippen LogP contribution is -2.36. The second kappa shape index (κ2) is 22.6. The molecule has 6 heteroatoms. The molecule has 228 valence electrons. The molecule has 0 spiro atoms. The minimum Gasteiger partial charge on any atom is -0.352 e. The second-order valence-electron chi connectivity index (χ2n) is 11.5. The van der Waals surface area contributed by atoms with Crippen LogP contribution in [0.1, 0.15) is 85.8 Å². The van der Waals surface area contributed by atoms with Crippen molar-refractivity contribution in [2.24, 2.45) is 23.7 Å². The van der Waals surface area contributed by atoms with E-state index in [4.69, 9.17) is 0 Å². The molecule has 2 aromatic carbocycles. The van der Waals surface area contributed by atoms with Gasteiger partial charge in [0.2, 0.25) is 5.91 Å². The van der Waals surface area contributed by atoms with Gasteiger partial charge in [-0.2, -0.15) is 0 Å². The van der Waals surface area contributed by atoms with Gasteiger partial charge in [0, 0.05) is 43.2 Å². The average Bonchev–Trinajstić information content (AvgIpc) is 2.96. The van der Waals surface area contributed by atoms with Gasteiger partial charge in [0.05, 0.1) is 0 Å². The highest BCUT2D eigenvalue weighted by Gasteiger charge is 2.22. The molecule has 6 nitrogen and oxygen atoms in total. The van der Waals surface area contributed by atoms with E-state index in [-0.39, 0.29) is 29.4 Å². The Kier molecular flexibility index (Phi) is 20.8. The minimum atomic E-state index is 0.0590. The summed E-state index contributed by atoms with van der Waals surface area (Å²) < 4.78 is 0. The molecule has 1 fully saturated rings. The third-order valence-electron chi connectivity index (χ3n) is 6.25. The van der Waals surface area contributed by atoms with Crippen LogP contribution in [0.5, 0.6) is 0 Å². The summed E-state index contributed by atoms with van der Waals surface area (Å²) in [5, 5.41) is 6.11. The van der Waals surface area contributed by atoms with Crippen LogP contribution < -0.4 is 10.6 Å². The van der Waals surface area contributed by atoms with Crippen molar-refractivity contribution in [2.75, 3.05) is 13.1 Å². The monoisotopic (exact) mass is 566 g/mol. The first kappa shape index (κ1) is 37.9. The quantitative estimate of drug-likeness (QED) is 0.356. The molecule has 2 N–H and O–H groups in total. The summed E-state index contributed by atoms with van der Waals surface area (Å²) in [4.78, 5) is 43.4. The van der Waals surface area contributed by atoms with E-state index in [1.165, 1.54) is 19.4 Å². The van der Waals surface area contributed by atoms with Crippen LogP contribution in [0, 0.1) is 23.7 Å². The largest absolute Gasteiger partial charge is 0.352 e. The molecule has 3 rings (SSSR count). The molecule has 0 aromatic heterocycles. The van der Waals surface area contributed by atoms with Gasteiger partial charge in [0.25, 0.3) is 0 Å². The Morgan fingerprint density at radius 2 is 1.29 bits per heavy atom. The number of nitrogens with one attached hydrogen (secondary N) is 2. The summed E-state index contributed by atoms with van der Waals surface area (Å²) in [6.07, 6.45) is 3.78. The molecule has 0 aliphatic carbocycles. The molecule has 41 heavy (non-hydrogen) atoms. The van der Waals surface area contributed by atoms with Crippen molar-refractivity contribution >= 4 is 23.3 Å². The van der Waals surface area contributed by atoms with Crippen molar-refractivity contribution in [3.8, 4) is 0 Å². The van der Waals surface area contributed by atoms with Crippen molar-refractivity contribution in [3.63, 3.8) is 0 Å². The number of hydrogen-bond donors (Lipinski definition) is 2. The number of ketones is 3. The van der Waals surface area contributed by atoms with Crippen LogP contribution in [-0.2, 0) is 32.1 Å². The number of carbonyl (C=O) groups is 4. The molecule has 1 heterocycles. The van der Waals surface area contributed by atoms with Crippen molar-refractivity contribution in [3.05, 3.63) is 71.8 Å². The van der Waals surface area contributed by atoms with E-state index >= 15 is 0 Å². The van der Waals surface area contributed by atoms with E-state index in [9.17, 15) is 19.2 Å². The predicted molar refractivity (Wildman–Crippen MR) is 170 cm³/mol. The molecule has 1 amide bonds. The fourth-order valence-corrected chi connectivity index (χ4v) is 3.76. The zero-order chi connectivity index (χ0) is 31.2. The number of piperidine rings is 1. The highest BCUT2D eigenvalue weighted by atomic mass is 16.2. The van der Waals surface area contributed by atoms with E-state index in [1.54, 1.807) is 0 Å². The molecular weight excluding hydrogens is 512 g/mol. The van der Waals surface area contributed by atoms with Gasteiger partial charge in [-0.1, -0.05) is 102 Å². The maximum absolute atomic E-state index is 11.5. The number of carbonyl (C=O) groups excluding carboxylic acids is 4. The number of hydrogen-bond acceptors (Lipinski definition) is 5. The summed E-state index contributed by atoms with van der Waals surface area (Å²) in [5.41, 5.74) is 2.38. The molecular formula is C35H54N2O4. The van der Waals surface area contributed by atoms with Crippen LogP contribution in [0.15, 0.2) is 60.7 Å². The van der Waals surface area contributed by atoms with Gasteiger partial charge in [-0.3, -0.25) is 14.4 Å². The fraction of sp³-hybridized carbons (Fsp3) is 0.543. The smallest absolute Gasteiger partial charge is 0.222 e. The lowest BCUT2D eigenvalue weighted by Gasteiger charge is -2.22. The third-order valence-corrected chi connectivity index (χ3v) is 6.25. The molecule has 1 atom stereocenters. The Morgan fingerprint density at radius 3 is 1.71 bits per heavy atom. The fourth-order valence-electron chi connectivity index (χ4n) is 3.76. The Morgan fingerprint density at radius 1 is 0.780 bits per heavy atom. The topological polar surface area (TPSA) is 92.3 Å². The van der Waals surface area contributed by atoms with Crippen molar-refractivity contribution in [2.45, 2.75) is 87.6 Å². The predicted octanol–water partition coefficient (Wildman–Crippen LogP) is 6.61. The van der Waals surface area contributed by atoms with Gasteiger partial charge in [-0.25, -0.2) is 0 Å². The van der Waals surface area contributed by atoms with Crippen LogP contribution in [0.3, 0.4) is 0 Å². The van der Waals surface area contributed by atoms with Gasteiger partial charge in [0.1, 0.15) is 17.3 Å². The van der Waals surface area contributed by atoms with Crippen LogP contribution >= 0.6 is 0 Å². The molecule has 0 bridgehead atoms. The molecule has 1 saturated heterocycles. The highest BCUT2D eigenvalue weighted by molar-refractivity contribution is 5.83. The van der Waals surface area contributed by atoms with Crippen molar-refractivity contribution in [1.29, 1.82) is 0 Å². The summed E-state index contributed by atoms with van der Waals surface area (Å²) in [6.45, 7) is 17.3. The lowest BCUT2D eigenvalue weighted by atomic mass is 9.89. The average molecular weight is 567 g/mol. The van der Waals surface area contributed by atoms with Crippen LogP contribution in [0.2, 0.25) is 0 Å². The van der Waals surface area contributed by atoms with Gasteiger partial charge in [-0.05, 0) is 50.8 Å². The first-order valence-electron chi connectivity index (χ1n) is 14.9. The van der Waals surface area contributed by atoms with Crippen LogP contribution in [-0.4, -0.2) is 36.3 Å². The number of Topliss-reactive ketones (excluding diaryl/α,β-unsaturated/α-hetero) is 3. The zero-order valence-electron chi connectivity index (χ0n) is 26.7. The van der Waals surface area contributed by atoms with E-state index < -0.39 is 0 Å². The molecule has 2 aromatic rings. The summed E-state index contributed by atoms with van der Waals surface area (Å²) in [6, 6.07) is 20.0. The number of aryl methyl sites for hydroxylation is 1. The number of rotatable bonds is 9. The van der Waals surface area contributed by atoms with Gasteiger partial charge < -0.3 is 15.4 Å². The van der Waals surface area contributed by atoms with Gasteiger partial charge >= 0.3 is 0 Å². The summed E-state index contributed by atoms with van der Waals surface area (Å²) in [5.74, 6) is 1.78. The van der Waals surface area contributed by atoms with Gasteiger partial charge in [0.15, 0.2) is 0 Å². The lowest BCUT2D eigenvalue weighted by molar-refractivity contribution is -0.126. The summed E-state index contributed by atoms with van der Waals surface area (Å²) in [7, 11) is 0. The van der Waals surface area contributed by atoms with Crippen LogP contribution in [0.25, 0.3) is 0 Å². The number of amides is 1. The highest BCUT2D eigenvalue weighted by Crippen LogP contribution is 2.15. The first-order valence-corrected chi connectivity index (χ1v) is 14.9. The molecule has 1 aliphatic heterocycles.